The Balaban J connectivity index is 2.79. The second-order valence-electron chi connectivity index (χ2n) is 3.59. The number of pyridine rings is 1. The van der Waals surface area contributed by atoms with Gasteiger partial charge in [0.25, 0.3) is 0 Å². The van der Waals surface area contributed by atoms with Crippen LogP contribution in [0.1, 0.15) is 11.3 Å². The first-order valence-corrected chi connectivity index (χ1v) is 4.59. The zero-order chi connectivity index (χ0) is 11.9. The molecule has 1 aromatic heterocycles. The Hall–Kier alpha value is -1.78. The Labute approximate surface area is 88.7 Å². The quantitative estimate of drug-likeness (QED) is 0.737. The minimum Gasteiger partial charge on any atom is -0.351 e. The monoisotopic (exact) mass is 227 g/mol. The number of hydrogen-bond acceptors (Lipinski definition) is 1. The number of benzene rings is 1. The fraction of sp³-hybridized carbons (Fsp3) is 0.182. The summed E-state index contributed by atoms with van der Waals surface area (Å²) in [6.07, 6.45) is -4.53. The second-order valence-corrected chi connectivity index (χ2v) is 3.59. The maximum absolute atomic E-state index is 12.4. The van der Waals surface area contributed by atoms with Crippen molar-refractivity contribution in [3.63, 3.8) is 0 Å². The molecule has 84 valence electrons. The molecular formula is C11H8F3NO. The maximum Gasteiger partial charge on any atom is 0.431 e. The van der Waals surface area contributed by atoms with Crippen molar-refractivity contribution in [1.82, 2.24) is 4.98 Å². The van der Waals surface area contributed by atoms with Gasteiger partial charge in [-0.05, 0) is 19.1 Å². The van der Waals surface area contributed by atoms with Crippen LogP contribution < -0.4 is 5.43 Å². The summed E-state index contributed by atoms with van der Waals surface area (Å²) in [5, 5.41) is 0.271. The van der Waals surface area contributed by atoms with Crippen molar-refractivity contribution >= 4 is 10.9 Å². The second kappa shape index (κ2) is 3.37. The third-order valence-electron chi connectivity index (χ3n) is 2.29. The summed E-state index contributed by atoms with van der Waals surface area (Å²) in [6.45, 7) is 1.77. The van der Waals surface area contributed by atoms with Crippen molar-refractivity contribution in [2.24, 2.45) is 0 Å². The molecule has 0 aliphatic carbocycles. The normalized spacial score (nSPS) is 12.0. The smallest absolute Gasteiger partial charge is 0.351 e. The van der Waals surface area contributed by atoms with Crippen LogP contribution in [0.3, 0.4) is 0 Å². The Bertz CT molecular complexity index is 598. The van der Waals surface area contributed by atoms with E-state index in [4.69, 9.17) is 0 Å². The minimum absolute atomic E-state index is 0.199. The molecule has 0 unspecified atom stereocenters. The number of aryl methyl sites for hydroxylation is 1. The van der Waals surface area contributed by atoms with Gasteiger partial charge in [0, 0.05) is 17.0 Å². The average molecular weight is 227 g/mol. The molecule has 0 aliphatic rings. The molecule has 0 aliphatic heterocycles. The zero-order valence-corrected chi connectivity index (χ0v) is 8.35. The third kappa shape index (κ3) is 1.80. The molecule has 2 rings (SSSR count). The van der Waals surface area contributed by atoms with Gasteiger partial charge in [-0.3, -0.25) is 4.79 Å². The van der Waals surface area contributed by atoms with E-state index in [1.165, 1.54) is 6.07 Å². The summed E-state index contributed by atoms with van der Waals surface area (Å²) in [4.78, 5) is 13.7. The fourth-order valence-electron chi connectivity index (χ4n) is 1.51. The average Bonchev–Trinajstić information content (AvgIpc) is 2.17. The van der Waals surface area contributed by atoms with Crippen LogP contribution in [-0.2, 0) is 6.18 Å². The SMILES string of the molecule is Cc1ccc2[nH]c(C(F)(F)F)cc(=O)c2c1. The number of aromatic amines is 1. The standard InChI is InChI=1S/C11H8F3NO/c1-6-2-3-8-7(4-6)9(16)5-10(15-8)11(12,13)14/h2-5H,1H3,(H,15,16). The number of halogens is 3. The molecule has 0 radical (unpaired) electrons. The molecule has 0 saturated heterocycles. The first-order chi connectivity index (χ1) is 7.38. The molecule has 0 fully saturated rings. The number of hydrogen-bond donors (Lipinski definition) is 1. The van der Waals surface area contributed by atoms with Crippen LogP contribution in [-0.4, -0.2) is 4.98 Å². The molecule has 0 amide bonds. The molecule has 0 saturated carbocycles. The van der Waals surface area contributed by atoms with Crippen molar-refractivity contribution in [3.05, 3.63) is 45.7 Å². The highest BCUT2D eigenvalue weighted by molar-refractivity contribution is 5.79. The van der Waals surface area contributed by atoms with E-state index in [1.807, 2.05) is 0 Å². The highest BCUT2D eigenvalue weighted by Gasteiger charge is 2.32. The molecule has 0 atom stereocenters. The Morgan fingerprint density at radius 2 is 1.88 bits per heavy atom. The number of nitrogens with one attached hydrogen (secondary N) is 1. The summed E-state index contributed by atoms with van der Waals surface area (Å²) in [6, 6.07) is 5.27. The molecule has 5 heteroatoms. The Morgan fingerprint density at radius 1 is 1.19 bits per heavy atom. The van der Waals surface area contributed by atoms with E-state index >= 15 is 0 Å². The van der Waals surface area contributed by atoms with Crippen LogP contribution in [0, 0.1) is 6.92 Å². The van der Waals surface area contributed by atoms with Crippen LogP contribution >= 0.6 is 0 Å². The van der Waals surface area contributed by atoms with E-state index in [-0.39, 0.29) is 10.9 Å². The summed E-state index contributed by atoms with van der Waals surface area (Å²) < 4.78 is 37.2. The van der Waals surface area contributed by atoms with Crippen LogP contribution in [0.25, 0.3) is 10.9 Å². The van der Waals surface area contributed by atoms with Gasteiger partial charge < -0.3 is 4.98 Å². The lowest BCUT2D eigenvalue weighted by Gasteiger charge is -2.07. The van der Waals surface area contributed by atoms with Gasteiger partial charge in [0.15, 0.2) is 5.43 Å². The molecular weight excluding hydrogens is 219 g/mol. The summed E-state index contributed by atoms with van der Waals surface area (Å²) in [5.41, 5.74) is -0.609. The lowest BCUT2D eigenvalue weighted by Crippen LogP contribution is -2.13. The van der Waals surface area contributed by atoms with Gasteiger partial charge in [-0.1, -0.05) is 11.6 Å². The fourth-order valence-corrected chi connectivity index (χ4v) is 1.51. The van der Waals surface area contributed by atoms with Crippen LogP contribution in [0.4, 0.5) is 13.2 Å². The van der Waals surface area contributed by atoms with Gasteiger partial charge in [-0.15, -0.1) is 0 Å². The summed E-state index contributed by atoms with van der Waals surface area (Å²) in [5.74, 6) is 0. The molecule has 1 aromatic carbocycles. The Morgan fingerprint density at radius 3 is 2.50 bits per heavy atom. The first-order valence-electron chi connectivity index (χ1n) is 4.59. The van der Waals surface area contributed by atoms with Crippen LogP contribution in [0.5, 0.6) is 0 Å². The van der Waals surface area contributed by atoms with Crippen molar-refractivity contribution in [2.75, 3.05) is 0 Å². The lowest BCUT2D eigenvalue weighted by atomic mass is 10.1. The number of alkyl halides is 3. The molecule has 1 N–H and O–H groups in total. The van der Waals surface area contributed by atoms with Crippen molar-refractivity contribution < 1.29 is 13.2 Å². The lowest BCUT2D eigenvalue weighted by molar-refractivity contribution is -0.141. The van der Waals surface area contributed by atoms with E-state index in [2.05, 4.69) is 4.98 Å². The van der Waals surface area contributed by atoms with Gasteiger partial charge in [0.2, 0.25) is 0 Å². The highest BCUT2D eigenvalue weighted by atomic mass is 19.4. The molecule has 1 heterocycles. The van der Waals surface area contributed by atoms with Gasteiger partial charge >= 0.3 is 6.18 Å². The van der Waals surface area contributed by atoms with Gasteiger partial charge in [0.05, 0.1) is 0 Å². The number of aromatic nitrogens is 1. The molecule has 16 heavy (non-hydrogen) atoms. The predicted octanol–water partition coefficient (Wildman–Crippen LogP) is 2.86. The summed E-state index contributed by atoms with van der Waals surface area (Å²) in [7, 11) is 0. The predicted molar refractivity (Wildman–Crippen MR) is 54.3 cm³/mol. The van der Waals surface area contributed by atoms with Crippen molar-refractivity contribution in [3.8, 4) is 0 Å². The number of rotatable bonds is 0. The topological polar surface area (TPSA) is 32.9 Å². The van der Waals surface area contributed by atoms with Crippen molar-refractivity contribution in [2.45, 2.75) is 13.1 Å². The zero-order valence-electron chi connectivity index (χ0n) is 8.35. The molecule has 2 nitrogen and oxygen atoms in total. The number of H-pyrrole nitrogens is 1. The molecule has 0 bridgehead atoms. The molecule has 0 spiro atoms. The van der Waals surface area contributed by atoms with Crippen LogP contribution in [0.15, 0.2) is 29.1 Å². The van der Waals surface area contributed by atoms with E-state index in [0.29, 0.717) is 6.07 Å². The summed E-state index contributed by atoms with van der Waals surface area (Å²) >= 11 is 0. The van der Waals surface area contributed by atoms with E-state index in [0.717, 1.165) is 5.56 Å². The van der Waals surface area contributed by atoms with Gasteiger partial charge in [0.1, 0.15) is 5.69 Å². The minimum atomic E-state index is -4.53. The van der Waals surface area contributed by atoms with Crippen molar-refractivity contribution in [1.29, 1.82) is 0 Å². The van der Waals surface area contributed by atoms with E-state index < -0.39 is 17.3 Å². The van der Waals surface area contributed by atoms with E-state index in [1.54, 1.807) is 19.1 Å². The number of fused-ring (bicyclic) bond motifs is 1. The largest absolute Gasteiger partial charge is 0.431 e. The maximum atomic E-state index is 12.4. The molecule has 2 aromatic rings. The highest BCUT2D eigenvalue weighted by Crippen LogP contribution is 2.27. The van der Waals surface area contributed by atoms with Gasteiger partial charge in [-0.25, -0.2) is 0 Å². The Kier molecular flexibility index (Phi) is 2.26. The van der Waals surface area contributed by atoms with Gasteiger partial charge in [-0.2, -0.15) is 13.2 Å². The first kappa shape index (κ1) is 10.7. The van der Waals surface area contributed by atoms with E-state index in [9.17, 15) is 18.0 Å². The third-order valence-corrected chi connectivity index (χ3v) is 2.29. The van der Waals surface area contributed by atoms with Crippen LogP contribution in [0.2, 0.25) is 0 Å².